The zero-order valence-corrected chi connectivity index (χ0v) is 69.7. The van der Waals surface area contributed by atoms with Gasteiger partial charge in [0.05, 0.1) is 11.4 Å². The Morgan fingerprint density at radius 1 is 0.218 bits per heavy atom. The highest BCUT2D eigenvalue weighted by molar-refractivity contribution is 7.00. The third-order valence-corrected chi connectivity index (χ3v) is 24.9. The number of anilines is 12. The van der Waals surface area contributed by atoms with Crippen LogP contribution in [0.25, 0.3) is 89.0 Å². The number of aryl methyl sites for hydroxylation is 8. The van der Waals surface area contributed by atoms with E-state index in [2.05, 4.69) is 472 Å². The van der Waals surface area contributed by atoms with Crippen LogP contribution in [0.15, 0.2) is 376 Å². The van der Waals surface area contributed by atoms with Gasteiger partial charge in [-0.05, 0) is 279 Å². The molecule has 0 aromatic heterocycles. The van der Waals surface area contributed by atoms with Crippen LogP contribution in [0.3, 0.4) is 0 Å². The maximum atomic E-state index is 2.70. The molecule has 0 amide bonds. The zero-order chi connectivity index (χ0) is 81.3. The van der Waals surface area contributed by atoms with Crippen molar-refractivity contribution in [3.8, 4) is 89.0 Å². The van der Waals surface area contributed by atoms with Crippen LogP contribution in [0.4, 0.5) is 68.2 Å². The van der Waals surface area contributed by atoms with Gasteiger partial charge >= 0.3 is 0 Å². The Morgan fingerprint density at radius 2 is 0.454 bits per heavy atom. The van der Waals surface area contributed by atoms with E-state index < -0.39 is 0 Å². The van der Waals surface area contributed by atoms with Crippen LogP contribution in [0.2, 0.25) is 0 Å². The van der Waals surface area contributed by atoms with Gasteiger partial charge in [-0.1, -0.05) is 312 Å². The molecule has 0 spiro atoms. The van der Waals surface area contributed by atoms with E-state index in [9.17, 15) is 0 Å². The van der Waals surface area contributed by atoms with Crippen LogP contribution >= 0.6 is 0 Å². The van der Waals surface area contributed by atoms with Crippen LogP contribution in [0, 0.1) is 55.4 Å². The second-order valence-corrected chi connectivity index (χ2v) is 33.6. The highest BCUT2D eigenvalue weighted by atomic mass is 15.2. The Balaban J connectivity index is 0.925. The Morgan fingerprint density at radius 3 is 0.697 bits per heavy atom. The van der Waals surface area contributed by atoms with E-state index in [1.54, 1.807) is 0 Å². The molecule has 2 heterocycles. The van der Waals surface area contributed by atoms with Gasteiger partial charge in [0, 0.05) is 79.1 Å². The highest BCUT2D eigenvalue weighted by Crippen LogP contribution is 2.56. The van der Waals surface area contributed by atoms with Crippen LogP contribution in [0.5, 0.6) is 0 Å². The zero-order valence-electron chi connectivity index (χ0n) is 69.7. The van der Waals surface area contributed by atoms with Crippen LogP contribution in [-0.2, 0) is 5.41 Å². The summed E-state index contributed by atoms with van der Waals surface area (Å²) >= 11 is 0. The molecule has 0 saturated carbocycles. The Hall–Kier alpha value is -14.0. The highest BCUT2D eigenvalue weighted by Gasteiger charge is 2.46. The summed E-state index contributed by atoms with van der Waals surface area (Å²) < 4.78 is 0. The molecule has 0 atom stereocenters. The Labute approximate surface area is 703 Å². The first-order chi connectivity index (χ1) is 58.0. The fourth-order valence-corrected chi connectivity index (χ4v) is 19.2. The molecule has 574 valence electrons. The third kappa shape index (κ3) is 13.6. The minimum absolute atomic E-state index is 0.300. The molecule has 0 saturated heterocycles. The lowest BCUT2D eigenvalue weighted by Gasteiger charge is -2.47. The first-order valence-corrected chi connectivity index (χ1v) is 41.8. The number of fused-ring (bicyclic) bond motifs is 4. The monoisotopic (exact) mass is 1530 g/mol. The summed E-state index contributed by atoms with van der Waals surface area (Å²) in [6, 6.07) is 142. The molecule has 4 nitrogen and oxygen atoms in total. The SMILES string of the molecule is Cc1cccc(C)c1-c1ccc(N(c2ccc(-c3c(C)cccc3C)cc2)c2ccc3c(c2)N(c2c(-c4ccccc4)cccc2-c2ccccc2)c2cc(C(C)(C)C)cc4c2B3c2ccc(N(c3ccc(-c5c(C)cccc5C)cc3)c3ccc(-c5c(C)cccc5C)cc3)cc2N4c2c(-c3ccccc3)cccc2-c2ccccc2)cc1. The predicted molar refractivity (Wildman–Crippen MR) is 510 cm³/mol. The van der Waals surface area contributed by atoms with Gasteiger partial charge in [0.1, 0.15) is 0 Å². The van der Waals surface area contributed by atoms with E-state index >= 15 is 0 Å². The average Bonchev–Trinajstić information content (AvgIpc) is 0.685. The van der Waals surface area contributed by atoms with Gasteiger partial charge in [0.2, 0.25) is 0 Å². The summed E-state index contributed by atoms with van der Waals surface area (Å²) in [5.41, 5.74) is 46.2. The molecule has 119 heavy (non-hydrogen) atoms. The topological polar surface area (TPSA) is 13.0 Å². The fraction of sp³-hybridized carbons (Fsp3) is 0.105. The number of nitrogens with zero attached hydrogens (tertiary/aromatic N) is 4. The van der Waals surface area contributed by atoms with E-state index in [4.69, 9.17) is 0 Å². The minimum atomic E-state index is -0.364. The van der Waals surface area contributed by atoms with Crippen molar-refractivity contribution in [1.29, 1.82) is 0 Å². The summed E-state index contributed by atoms with van der Waals surface area (Å²) in [5.74, 6) is 0. The van der Waals surface area contributed by atoms with Gasteiger partial charge in [0.25, 0.3) is 6.71 Å². The Bertz CT molecular complexity index is 5920. The lowest BCUT2D eigenvalue weighted by Crippen LogP contribution is -2.61. The van der Waals surface area contributed by atoms with Crippen molar-refractivity contribution in [1.82, 2.24) is 0 Å². The standard InChI is InChI=1S/C114H95BN4/c1-74-30-24-31-75(2)107(74)86-50-58-91(59-51-86)116(92-60-52-87(53-61-92)108-76(3)32-25-33-77(108)4)95-66-68-101-103(72-95)118(112-97(82-38-16-12-17-39-82)46-28-47-98(112)83-40-18-13-19-41-83)105-70-90(114(9,10)11)71-106-111(105)115(101)102-69-67-96(73-104(102)119(106)113-99(84-42-20-14-21-43-84)48-29-49-100(113)85-44-22-15-23-45-85)117(93-62-54-88(55-63-93)109-78(5)34-26-35-79(109)6)94-64-56-89(57-65-94)110-80(7)36-27-37-81(110)8/h12-73H,1-11H3. The summed E-state index contributed by atoms with van der Waals surface area (Å²) in [7, 11) is 0. The van der Waals surface area contributed by atoms with Gasteiger partial charge in [0.15, 0.2) is 0 Å². The molecule has 0 radical (unpaired) electrons. The summed E-state index contributed by atoms with van der Waals surface area (Å²) in [4.78, 5) is 10.4. The van der Waals surface area contributed by atoms with Crippen LogP contribution in [0.1, 0.15) is 70.8 Å². The molecule has 0 fully saturated rings. The molecule has 17 aromatic carbocycles. The van der Waals surface area contributed by atoms with Crippen molar-refractivity contribution >= 4 is 91.3 Å². The number of hydrogen-bond acceptors (Lipinski definition) is 4. The lowest BCUT2D eigenvalue weighted by atomic mass is 9.33. The van der Waals surface area contributed by atoms with E-state index in [1.807, 2.05) is 0 Å². The molecule has 19 rings (SSSR count). The fourth-order valence-electron chi connectivity index (χ4n) is 19.2. The molecule has 2 aliphatic heterocycles. The number of para-hydroxylation sites is 2. The molecule has 5 heteroatoms. The molecule has 0 bridgehead atoms. The van der Waals surface area contributed by atoms with Crippen LogP contribution in [-0.4, -0.2) is 6.71 Å². The number of hydrogen-bond donors (Lipinski definition) is 0. The van der Waals surface area contributed by atoms with Gasteiger partial charge in [-0.2, -0.15) is 0 Å². The van der Waals surface area contributed by atoms with Gasteiger partial charge in [-0.15, -0.1) is 0 Å². The molecule has 0 unspecified atom stereocenters. The minimum Gasteiger partial charge on any atom is -0.310 e. The molecule has 0 aliphatic carbocycles. The van der Waals surface area contributed by atoms with Crippen molar-refractivity contribution in [3.05, 3.63) is 426 Å². The normalized spacial score (nSPS) is 12.1. The number of benzene rings is 17. The molecular formula is C114H95BN4. The van der Waals surface area contributed by atoms with Gasteiger partial charge in [-0.25, -0.2) is 0 Å². The smallest absolute Gasteiger partial charge is 0.252 e. The Kier molecular flexibility index (Phi) is 19.5. The number of rotatable bonds is 16. The van der Waals surface area contributed by atoms with Crippen LogP contribution < -0.4 is 36.0 Å². The maximum Gasteiger partial charge on any atom is 0.252 e. The lowest BCUT2D eigenvalue weighted by molar-refractivity contribution is 0.590. The van der Waals surface area contributed by atoms with Crippen molar-refractivity contribution in [2.45, 2.75) is 81.6 Å². The molecule has 17 aromatic rings. The van der Waals surface area contributed by atoms with Crippen molar-refractivity contribution < 1.29 is 0 Å². The first kappa shape index (κ1) is 75.1. The molecule has 2 aliphatic rings. The predicted octanol–water partition coefficient (Wildman–Crippen LogP) is 29.8. The second-order valence-electron chi connectivity index (χ2n) is 33.6. The van der Waals surface area contributed by atoms with E-state index in [0.717, 1.165) is 113 Å². The van der Waals surface area contributed by atoms with Crippen molar-refractivity contribution in [3.63, 3.8) is 0 Å². The van der Waals surface area contributed by atoms with Crippen molar-refractivity contribution in [2.24, 2.45) is 0 Å². The van der Waals surface area contributed by atoms with E-state index in [0.29, 0.717) is 0 Å². The third-order valence-electron chi connectivity index (χ3n) is 24.9. The van der Waals surface area contributed by atoms with Gasteiger partial charge in [-0.3, -0.25) is 0 Å². The van der Waals surface area contributed by atoms with E-state index in [1.165, 1.54) is 111 Å². The van der Waals surface area contributed by atoms with Crippen molar-refractivity contribution in [2.75, 3.05) is 19.6 Å². The molecular weight excluding hydrogens is 1440 g/mol. The van der Waals surface area contributed by atoms with Gasteiger partial charge < -0.3 is 19.6 Å². The quantitative estimate of drug-likeness (QED) is 0.0894. The summed E-state index contributed by atoms with van der Waals surface area (Å²) in [5, 5.41) is 0. The maximum absolute atomic E-state index is 2.70. The molecule has 0 N–H and O–H groups in total. The second kappa shape index (κ2) is 30.9. The first-order valence-electron chi connectivity index (χ1n) is 41.8. The average molecular weight is 1530 g/mol. The summed E-state index contributed by atoms with van der Waals surface area (Å²) in [6.07, 6.45) is 0. The summed E-state index contributed by atoms with van der Waals surface area (Å²) in [6.45, 7) is 24.7. The van der Waals surface area contributed by atoms with E-state index in [-0.39, 0.29) is 12.1 Å². The largest absolute Gasteiger partial charge is 0.310 e.